The molecule has 100 valence electrons. The summed E-state index contributed by atoms with van der Waals surface area (Å²) in [6.07, 6.45) is 5.08. The van der Waals surface area contributed by atoms with Gasteiger partial charge in [0.25, 0.3) is 0 Å². The molecule has 1 aliphatic carbocycles. The van der Waals surface area contributed by atoms with Crippen LogP contribution in [0.3, 0.4) is 0 Å². The number of carbonyl (C=O) groups is 1. The molecular formula is C15H18N2O2. The normalized spacial score (nSPS) is 15.0. The minimum absolute atomic E-state index is 0.351. The highest BCUT2D eigenvalue weighted by molar-refractivity contribution is 6.01. The lowest BCUT2D eigenvalue weighted by atomic mass is 10.1. The molecule has 0 atom stereocenters. The summed E-state index contributed by atoms with van der Waals surface area (Å²) >= 11 is 0. The lowest BCUT2D eigenvalue weighted by Crippen LogP contribution is -2.05. The van der Waals surface area contributed by atoms with Gasteiger partial charge in [0.2, 0.25) is 0 Å². The van der Waals surface area contributed by atoms with E-state index < -0.39 is 5.97 Å². The number of rotatable bonds is 5. The molecule has 1 aromatic carbocycles. The van der Waals surface area contributed by atoms with Crippen molar-refractivity contribution in [3.63, 3.8) is 0 Å². The first-order valence-electron chi connectivity index (χ1n) is 6.86. The second-order valence-corrected chi connectivity index (χ2v) is 5.37. The first-order chi connectivity index (χ1) is 9.16. The summed E-state index contributed by atoms with van der Waals surface area (Å²) in [7, 11) is 0. The fourth-order valence-corrected chi connectivity index (χ4v) is 2.69. The Morgan fingerprint density at radius 3 is 2.95 bits per heavy atom. The predicted molar refractivity (Wildman–Crippen MR) is 73.4 cm³/mol. The molecule has 2 aromatic rings. The molecule has 1 saturated carbocycles. The van der Waals surface area contributed by atoms with Crippen molar-refractivity contribution in [2.24, 2.45) is 5.92 Å². The first kappa shape index (κ1) is 12.2. The Kier molecular flexibility index (Phi) is 3.01. The lowest BCUT2D eigenvalue weighted by Gasteiger charge is -2.08. The summed E-state index contributed by atoms with van der Waals surface area (Å²) in [4.78, 5) is 15.8. The number of hydrogen-bond donors (Lipinski definition) is 1. The fourth-order valence-electron chi connectivity index (χ4n) is 2.69. The molecule has 0 saturated heterocycles. The maximum atomic E-state index is 11.3. The number of imidazole rings is 1. The van der Waals surface area contributed by atoms with E-state index in [2.05, 4.69) is 9.55 Å². The molecule has 4 heteroatoms. The third-order valence-electron chi connectivity index (χ3n) is 3.88. The van der Waals surface area contributed by atoms with Gasteiger partial charge >= 0.3 is 5.97 Å². The molecule has 1 heterocycles. The maximum absolute atomic E-state index is 11.3. The highest BCUT2D eigenvalue weighted by atomic mass is 16.4. The number of aryl methyl sites for hydroxylation is 2. The summed E-state index contributed by atoms with van der Waals surface area (Å²) in [5, 5.41) is 9.30. The van der Waals surface area contributed by atoms with Gasteiger partial charge in [-0.2, -0.15) is 0 Å². The summed E-state index contributed by atoms with van der Waals surface area (Å²) in [5.41, 5.74) is 1.90. The number of carboxylic acid groups (broad SMARTS) is 1. The van der Waals surface area contributed by atoms with Gasteiger partial charge in [-0.25, -0.2) is 9.78 Å². The molecule has 1 aromatic heterocycles. The zero-order valence-corrected chi connectivity index (χ0v) is 11.1. The Hall–Kier alpha value is -1.84. The van der Waals surface area contributed by atoms with Crippen LogP contribution in [0.5, 0.6) is 0 Å². The molecule has 0 amide bonds. The van der Waals surface area contributed by atoms with E-state index in [1.165, 1.54) is 19.3 Å². The first-order valence-corrected chi connectivity index (χ1v) is 6.86. The van der Waals surface area contributed by atoms with E-state index in [0.29, 0.717) is 5.56 Å². The van der Waals surface area contributed by atoms with Crippen LogP contribution in [-0.2, 0) is 6.54 Å². The Morgan fingerprint density at radius 1 is 1.47 bits per heavy atom. The zero-order chi connectivity index (χ0) is 13.4. The lowest BCUT2D eigenvalue weighted by molar-refractivity contribution is 0.0698. The van der Waals surface area contributed by atoms with Crippen LogP contribution in [-0.4, -0.2) is 20.6 Å². The van der Waals surface area contributed by atoms with Crippen LogP contribution in [0, 0.1) is 12.8 Å². The Labute approximate surface area is 112 Å². The van der Waals surface area contributed by atoms with E-state index >= 15 is 0 Å². The molecule has 1 N–H and O–H groups in total. The van der Waals surface area contributed by atoms with Gasteiger partial charge in [-0.15, -0.1) is 0 Å². The summed E-state index contributed by atoms with van der Waals surface area (Å²) in [5.74, 6) is 0.933. The van der Waals surface area contributed by atoms with Gasteiger partial charge in [-0.1, -0.05) is 18.9 Å². The minimum atomic E-state index is -0.881. The van der Waals surface area contributed by atoms with Crippen molar-refractivity contribution in [2.45, 2.75) is 39.2 Å². The third kappa shape index (κ3) is 2.35. The van der Waals surface area contributed by atoms with E-state index in [-0.39, 0.29) is 0 Å². The number of fused-ring (bicyclic) bond motifs is 1. The maximum Gasteiger partial charge on any atom is 0.337 e. The minimum Gasteiger partial charge on any atom is -0.478 e. The summed E-state index contributed by atoms with van der Waals surface area (Å²) < 4.78 is 2.06. The van der Waals surface area contributed by atoms with Crippen molar-refractivity contribution < 1.29 is 9.90 Å². The summed E-state index contributed by atoms with van der Waals surface area (Å²) in [6.45, 7) is 2.81. The molecular weight excluding hydrogens is 240 g/mol. The van der Waals surface area contributed by atoms with Crippen molar-refractivity contribution in [1.82, 2.24) is 9.55 Å². The largest absolute Gasteiger partial charge is 0.478 e. The van der Waals surface area contributed by atoms with E-state index in [0.717, 1.165) is 35.7 Å². The van der Waals surface area contributed by atoms with Gasteiger partial charge in [-0.05, 0) is 37.8 Å². The van der Waals surface area contributed by atoms with Crippen LogP contribution >= 0.6 is 0 Å². The van der Waals surface area contributed by atoms with Gasteiger partial charge < -0.3 is 9.67 Å². The van der Waals surface area contributed by atoms with Crippen LogP contribution < -0.4 is 0 Å². The van der Waals surface area contributed by atoms with Crippen molar-refractivity contribution in [1.29, 1.82) is 0 Å². The van der Waals surface area contributed by atoms with Crippen LogP contribution in [0.1, 0.15) is 41.9 Å². The van der Waals surface area contributed by atoms with Gasteiger partial charge in [0.05, 0.1) is 16.6 Å². The number of carboxylic acids is 1. The summed E-state index contributed by atoms with van der Waals surface area (Å²) in [6, 6.07) is 5.29. The molecule has 19 heavy (non-hydrogen) atoms. The van der Waals surface area contributed by atoms with Crippen LogP contribution in [0.4, 0.5) is 0 Å². The quantitative estimate of drug-likeness (QED) is 0.895. The standard InChI is InChI=1S/C15H18N2O2/c1-10-16-13-6-2-5-12(15(18)19)14(13)17(10)9-3-4-11-7-8-11/h2,5-6,11H,3-4,7-9H2,1H3,(H,18,19). The number of benzene rings is 1. The molecule has 0 spiro atoms. The van der Waals surface area contributed by atoms with Crippen molar-refractivity contribution in [2.75, 3.05) is 0 Å². The average molecular weight is 258 g/mol. The fraction of sp³-hybridized carbons (Fsp3) is 0.467. The second-order valence-electron chi connectivity index (χ2n) is 5.37. The molecule has 4 nitrogen and oxygen atoms in total. The molecule has 0 bridgehead atoms. The topological polar surface area (TPSA) is 55.1 Å². The van der Waals surface area contributed by atoms with Gasteiger partial charge in [0.1, 0.15) is 5.82 Å². The highest BCUT2D eigenvalue weighted by Gasteiger charge is 2.21. The molecule has 0 radical (unpaired) electrons. The molecule has 0 aliphatic heterocycles. The predicted octanol–water partition coefficient (Wildman–Crippen LogP) is 3.23. The SMILES string of the molecule is Cc1nc2cccc(C(=O)O)c2n1CCCC1CC1. The monoisotopic (exact) mass is 258 g/mol. The van der Waals surface area contributed by atoms with Crippen molar-refractivity contribution in [3.05, 3.63) is 29.6 Å². The van der Waals surface area contributed by atoms with E-state index in [4.69, 9.17) is 0 Å². The molecule has 1 aliphatic rings. The van der Waals surface area contributed by atoms with Crippen LogP contribution in [0.25, 0.3) is 11.0 Å². The molecule has 0 unspecified atom stereocenters. The van der Waals surface area contributed by atoms with Crippen LogP contribution in [0.2, 0.25) is 0 Å². The Morgan fingerprint density at radius 2 is 2.26 bits per heavy atom. The number of hydrogen-bond acceptors (Lipinski definition) is 2. The molecule has 1 fully saturated rings. The Balaban J connectivity index is 1.95. The number of nitrogens with zero attached hydrogens (tertiary/aromatic N) is 2. The zero-order valence-electron chi connectivity index (χ0n) is 11.1. The number of para-hydroxylation sites is 1. The number of aromatic carboxylic acids is 1. The second kappa shape index (κ2) is 4.68. The van der Waals surface area contributed by atoms with Gasteiger partial charge in [-0.3, -0.25) is 0 Å². The average Bonchev–Trinajstić information content (AvgIpc) is 3.13. The van der Waals surface area contributed by atoms with Crippen LogP contribution in [0.15, 0.2) is 18.2 Å². The van der Waals surface area contributed by atoms with Crippen molar-refractivity contribution >= 4 is 17.0 Å². The van der Waals surface area contributed by atoms with Gasteiger partial charge in [0.15, 0.2) is 0 Å². The molecule has 3 rings (SSSR count). The van der Waals surface area contributed by atoms with E-state index in [9.17, 15) is 9.90 Å². The number of aromatic nitrogens is 2. The van der Waals surface area contributed by atoms with Crippen molar-refractivity contribution in [3.8, 4) is 0 Å². The smallest absolute Gasteiger partial charge is 0.337 e. The van der Waals surface area contributed by atoms with Gasteiger partial charge in [0, 0.05) is 6.54 Å². The Bertz CT molecular complexity index is 626. The third-order valence-corrected chi connectivity index (χ3v) is 3.88. The van der Waals surface area contributed by atoms with E-state index in [1.807, 2.05) is 13.0 Å². The van der Waals surface area contributed by atoms with E-state index in [1.54, 1.807) is 12.1 Å². The highest BCUT2D eigenvalue weighted by Crippen LogP contribution is 2.34.